The van der Waals surface area contributed by atoms with Crippen molar-refractivity contribution in [3.05, 3.63) is 0 Å². The first-order chi connectivity index (χ1) is 8.29. The Balaban J connectivity index is 2.37. The Morgan fingerprint density at radius 3 is 2.56 bits per heavy atom. The van der Waals surface area contributed by atoms with Crippen LogP contribution in [0.4, 0.5) is 0 Å². The van der Waals surface area contributed by atoms with Crippen molar-refractivity contribution >= 4 is 19.7 Å². The largest absolute Gasteiger partial charge is 0.378 e. The van der Waals surface area contributed by atoms with Crippen LogP contribution in [0.5, 0.6) is 0 Å². The summed E-state index contributed by atoms with van der Waals surface area (Å²) in [5.74, 6) is 1.94. The average molecular weight is 297 g/mol. The van der Waals surface area contributed by atoms with Crippen LogP contribution in [0, 0.1) is 17.8 Å². The van der Waals surface area contributed by atoms with E-state index in [0.717, 1.165) is 6.42 Å². The van der Waals surface area contributed by atoms with Crippen LogP contribution in [0.1, 0.15) is 46.5 Å². The van der Waals surface area contributed by atoms with Crippen LogP contribution in [0.2, 0.25) is 0 Å². The molecule has 0 aromatic heterocycles. The number of ether oxygens (including phenoxy) is 1. The Morgan fingerprint density at radius 2 is 2.00 bits per heavy atom. The van der Waals surface area contributed by atoms with Gasteiger partial charge >= 0.3 is 0 Å². The lowest BCUT2D eigenvalue weighted by Gasteiger charge is -2.37. The molecule has 1 rings (SSSR count). The predicted octanol–water partition coefficient (Wildman–Crippen LogP) is 3.42. The maximum atomic E-state index is 10.8. The lowest BCUT2D eigenvalue weighted by Crippen LogP contribution is -2.34. The Labute approximate surface area is 116 Å². The number of rotatable bonds is 6. The normalized spacial score (nSPS) is 29.7. The molecule has 0 radical (unpaired) electrons. The van der Waals surface area contributed by atoms with Crippen LogP contribution in [-0.4, -0.2) is 26.9 Å². The first kappa shape index (κ1) is 16.3. The van der Waals surface area contributed by atoms with E-state index in [9.17, 15) is 8.42 Å². The van der Waals surface area contributed by atoms with Gasteiger partial charge < -0.3 is 4.74 Å². The van der Waals surface area contributed by atoms with Gasteiger partial charge in [0.05, 0.1) is 11.9 Å². The van der Waals surface area contributed by atoms with Crippen LogP contribution >= 0.6 is 10.7 Å². The van der Waals surface area contributed by atoms with Gasteiger partial charge in [-0.3, -0.25) is 0 Å². The van der Waals surface area contributed by atoms with Crippen LogP contribution in [-0.2, 0) is 13.8 Å². The minimum absolute atomic E-state index is 0.00315. The summed E-state index contributed by atoms with van der Waals surface area (Å²) in [5.41, 5.74) is 0. The van der Waals surface area contributed by atoms with Crippen molar-refractivity contribution in [1.29, 1.82) is 0 Å². The molecule has 3 unspecified atom stereocenters. The highest BCUT2D eigenvalue weighted by Crippen LogP contribution is 2.35. The summed E-state index contributed by atoms with van der Waals surface area (Å²) >= 11 is 0. The molecule has 0 saturated heterocycles. The molecule has 0 bridgehead atoms. The van der Waals surface area contributed by atoms with Gasteiger partial charge in [0.25, 0.3) is 0 Å². The Bertz CT molecular complexity index is 340. The van der Waals surface area contributed by atoms with Gasteiger partial charge in [0.1, 0.15) is 0 Å². The summed E-state index contributed by atoms with van der Waals surface area (Å²) in [5, 5.41) is 0. The fraction of sp³-hybridized carbons (Fsp3) is 1.00. The summed E-state index contributed by atoms with van der Waals surface area (Å²) in [4.78, 5) is 0. The van der Waals surface area contributed by atoms with Gasteiger partial charge in [0.2, 0.25) is 9.05 Å². The topological polar surface area (TPSA) is 43.4 Å². The minimum atomic E-state index is -3.38. The molecule has 0 spiro atoms. The standard InChI is InChI=1S/C13H25ClO3S/c1-10(2)12-6-5-11(3)9-13(12)17-7-4-8-18(14,15)16/h10-13H,4-9H2,1-3H3. The molecule has 18 heavy (non-hydrogen) atoms. The third kappa shape index (κ3) is 5.89. The third-order valence-electron chi connectivity index (χ3n) is 3.83. The predicted molar refractivity (Wildman–Crippen MR) is 75.3 cm³/mol. The third-order valence-corrected chi connectivity index (χ3v) is 5.06. The minimum Gasteiger partial charge on any atom is -0.378 e. The Kier molecular flexibility index (Phi) is 6.42. The van der Waals surface area contributed by atoms with Crippen LogP contribution in [0.15, 0.2) is 0 Å². The van der Waals surface area contributed by atoms with Gasteiger partial charge in [-0.1, -0.05) is 27.2 Å². The van der Waals surface area contributed by atoms with Gasteiger partial charge in [-0.15, -0.1) is 0 Å². The highest BCUT2D eigenvalue weighted by atomic mass is 35.7. The van der Waals surface area contributed by atoms with E-state index in [2.05, 4.69) is 20.8 Å². The van der Waals surface area contributed by atoms with Crippen molar-refractivity contribution in [2.45, 2.75) is 52.6 Å². The first-order valence-electron chi connectivity index (χ1n) is 6.83. The summed E-state index contributed by atoms with van der Waals surface area (Å²) in [7, 11) is 1.80. The SMILES string of the molecule is CC1CCC(C(C)C)C(OCCCS(=O)(=O)Cl)C1. The number of halogens is 1. The van der Waals surface area contributed by atoms with E-state index < -0.39 is 9.05 Å². The molecule has 0 N–H and O–H groups in total. The van der Waals surface area contributed by atoms with Crippen molar-refractivity contribution in [2.75, 3.05) is 12.4 Å². The molecule has 5 heteroatoms. The Hall–Kier alpha value is 0.200. The van der Waals surface area contributed by atoms with E-state index >= 15 is 0 Å². The molecule has 0 heterocycles. The summed E-state index contributed by atoms with van der Waals surface area (Å²) < 4.78 is 27.5. The fourth-order valence-electron chi connectivity index (χ4n) is 2.77. The van der Waals surface area contributed by atoms with Crippen molar-refractivity contribution in [1.82, 2.24) is 0 Å². The molecule has 3 atom stereocenters. The molecular weight excluding hydrogens is 272 g/mol. The molecule has 1 aliphatic carbocycles. The van der Waals surface area contributed by atoms with Crippen LogP contribution in [0.3, 0.4) is 0 Å². The second kappa shape index (κ2) is 7.11. The lowest BCUT2D eigenvalue weighted by atomic mass is 9.75. The highest BCUT2D eigenvalue weighted by Gasteiger charge is 2.31. The molecule has 0 aromatic carbocycles. The van der Waals surface area contributed by atoms with Gasteiger partial charge in [-0.2, -0.15) is 0 Å². The molecule has 3 nitrogen and oxygen atoms in total. The van der Waals surface area contributed by atoms with Gasteiger partial charge in [-0.25, -0.2) is 8.42 Å². The summed E-state index contributed by atoms with van der Waals surface area (Å²) in [6, 6.07) is 0. The average Bonchev–Trinajstić information content (AvgIpc) is 2.22. The van der Waals surface area contributed by atoms with Crippen molar-refractivity contribution in [2.24, 2.45) is 17.8 Å². The number of hydrogen-bond donors (Lipinski definition) is 0. The van der Waals surface area contributed by atoms with Crippen LogP contribution in [0.25, 0.3) is 0 Å². The quantitative estimate of drug-likeness (QED) is 0.557. The molecule has 1 aliphatic rings. The zero-order chi connectivity index (χ0) is 13.8. The first-order valence-corrected chi connectivity index (χ1v) is 9.31. The molecule has 108 valence electrons. The van der Waals surface area contributed by atoms with Crippen molar-refractivity contribution in [3.63, 3.8) is 0 Å². The molecule has 0 amide bonds. The van der Waals surface area contributed by atoms with Crippen molar-refractivity contribution in [3.8, 4) is 0 Å². The maximum absolute atomic E-state index is 10.8. The molecule has 1 saturated carbocycles. The monoisotopic (exact) mass is 296 g/mol. The van der Waals surface area contributed by atoms with Crippen LogP contribution < -0.4 is 0 Å². The Morgan fingerprint density at radius 1 is 1.33 bits per heavy atom. The zero-order valence-electron chi connectivity index (χ0n) is 11.6. The molecule has 1 fully saturated rings. The fourth-order valence-corrected chi connectivity index (χ4v) is 3.56. The lowest BCUT2D eigenvalue weighted by molar-refractivity contribution is -0.0377. The summed E-state index contributed by atoms with van der Waals surface area (Å²) in [6.07, 6.45) is 4.36. The highest BCUT2D eigenvalue weighted by molar-refractivity contribution is 8.13. The van der Waals surface area contributed by atoms with E-state index in [1.807, 2.05) is 0 Å². The van der Waals surface area contributed by atoms with Gasteiger partial charge in [-0.05, 0) is 37.0 Å². The van der Waals surface area contributed by atoms with E-state index in [4.69, 9.17) is 15.4 Å². The van der Waals surface area contributed by atoms with Gasteiger partial charge in [0.15, 0.2) is 0 Å². The summed E-state index contributed by atoms with van der Waals surface area (Å²) in [6.45, 7) is 7.23. The molecule has 0 aliphatic heterocycles. The van der Waals surface area contributed by atoms with E-state index in [0.29, 0.717) is 30.8 Å². The smallest absolute Gasteiger partial charge is 0.232 e. The zero-order valence-corrected chi connectivity index (χ0v) is 13.1. The number of hydrogen-bond acceptors (Lipinski definition) is 3. The maximum Gasteiger partial charge on any atom is 0.232 e. The van der Waals surface area contributed by atoms with Gasteiger partial charge in [0, 0.05) is 17.3 Å². The second-order valence-electron chi connectivity index (χ2n) is 5.83. The van der Waals surface area contributed by atoms with E-state index in [-0.39, 0.29) is 11.9 Å². The van der Waals surface area contributed by atoms with E-state index in [1.54, 1.807) is 0 Å². The molecular formula is C13H25ClO3S. The van der Waals surface area contributed by atoms with Crippen molar-refractivity contribution < 1.29 is 13.2 Å². The second-order valence-corrected chi connectivity index (χ2v) is 8.73. The van der Waals surface area contributed by atoms with E-state index in [1.165, 1.54) is 12.8 Å². The molecule has 0 aromatic rings.